The number of carbonyl (C=O) groups excluding carboxylic acids is 1. The van der Waals surface area contributed by atoms with Crippen molar-refractivity contribution in [1.29, 1.82) is 0 Å². The Morgan fingerprint density at radius 3 is 1.94 bits per heavy atom. The summed E-state index contributed by atoms with van der Waals surface area (Å²) in [5, 5.41) is 2.53. The van der Waals surface area contributed by atoms with Gasteiger partial charge in [-0.15, -0.1) is 0 Å². The van der Waals surface area contributed by atoms with Crippen molar-refractivity contribution in [3.8, 4) is 28.7 Å². The van der Waals surface area contributed by atoms with Crippen LogP contribution in [0.3, 0.4) is 0 Å². The molecule has 0 bridgehead atoms. The van der Waals surface area contributed by atoms with Gasteiger partial charge in [-0.25, -0.2) is 17.8 Å². The zero-order valence-electron chi connectivity index (χ0n) is 31.0. The summed E-state index contributed by atoms with van der Waals surface area (Å²) in [5.41, 5.74) is -0.204. The summed E-state index contributed by atoms with van der Waals surface area (Å²) in [6.45, 7) is 5.70. The van der Waals surface area contributed by atoms with E-state index in [0.29, 0.717) is 47.1 Å². The monoisotopic (exact) mass is 754 g/mol. The van der Waals surface area contributed by atoms with Gasteiger partial charge in [0.15, 0.2) is 16.6 Å². The minimum absolute atomic E-state index is 0.124. The number of ether oxygens (including phenoxy) is 5. The van der Waals surface area contributed by atoms with Crippen LogP contribution in [0.25, 0.3) is 0 Å². The molecule has 15 heteroatoms. The van der Waals surface area contributed by atoms with Crippen LogP contribution in [-0.4, -0.2) is 71.2 Å². The van der Waals surface area contributed by atoms with Crippen molar-refractivity contribution in [2.24, 2.45) is 5.41 Å². The number of aromatic nitrogens is 1. The zero-order chi connectivity index (χ0) is 38.7. The Hall–Kier alpha value is -5.15. The predicted octanol–water partition coefficient (Wildman–Crippen LogP) is 6.43. The summed E-state index contributed by atoms with van der Waals surface area (Å²) >= 11 is 0. The normalized spacial score (nSPS) is 16.7. The first-order valence-corrected chi connectivity index (χ1v) is 18.0. The van der Waals surface area contributed by atoms with Crippen molar-refractivity contribution in [3.05, 3.63) is 89.6 Å². The van der Waals surface area contributed by atoms with E-state index in [2.05, 4.69) is 10.3 Å². The van der Waals surface area contributed by atoms with Crippen LogP contribution in [0.5, 0.6) is 28.7 Å². The molecular formula is C38H44F2N4O8S. The topological polar surface area (TPSA) is 129 Å². The number of carbonyl (C=O) groups is 1. The maximum Gasteiger partial charge on any atom is 0.261 e. The molecule has 4 aromatic rings. The minimum Gasteiger partial charge on any atom is -0.497 e. The van der Waals surface area contributed by atoms with Gasteiger partial charge in [0.1, 0.15) is 28.5 Å². The molecule has 53 heavy (non-hydrogen) atoms. The third kappa shape index (κ3) is 7.95. The van der Waals surface area contributed by atoms with E-state index in [9.17, 15) is 22.0 Å². The van der Waals surface area contributed by atoms with Crippen LogP contribution >= 0.6 is 0 Å². The molecule has 284 valence electrons. The van der Waals surface area contributed by atoms with E-state index in [-0.39, 0.29) is 35.2 Å². The van der Waals surface area contributed by atoms with Gasteiger partial charge >= 0.3 is 0 Å². The molecular weight excluding hydrogens is 711 g/mol. The van der Waals surface area contributed by atoms with Crippen LogP contribution in [0.1, 0.15) is 38.3 Å². The van der Waals surface area contributed by atoms with Gasteiger partial charge in [0.05, 0.1) is 41.2 Å². The summed E-state index contributed by atoms with van der Waals surface area (Å²) in [4.78, 5) is 20.1. The van der Waals surface area contributed by atoms with Gasteiger partial charge in [0.2, 0.25) is 11.7 Å². The minimum atomic E-state index is -4.37. The van der Waals surface area contributed by atoms with Crippen LogP contribution in [-0.2, 0) is 27.9 Å². The van der Waals surface area contributed by atoms with E-state index in [1.165, 1.54) is 64.3 Å². The Labute approximate surface area is 308 Å². The number of hydrogen-bond acceptors (Lipinski definition) is 10. The van der Waals surface area contributed by atoms with Crippen LogP contribution < -0.4 is 33.9 Å². The smallest absolute Gasteiger partial charge is 0.261 e. The van der Waals surface area contributed by atoms with E-state index < -0.39 is 38.5 Å². The van der Waals surface area contributed by atoms with Gasteiger partial charge in [0.25, 0.3) is 10.0 Å². The molecule has 1 aromatic heterocycles. The van der Waals surface area contributed by atoms with Crippen LogP contribution in [0.15, 0.2) is 71.9 Å². The lowest BCUT2D eigenvalue weighted by Crippen LogP contribution is -2.51. The molecule has 0 radical (unpaired) electrons. The van der Waals surface area contributed by atoms with E-state index in [1.54, 1.807) is 48.2 Å². The molecule has 1 saturated heterocycles. The molecule has 3 aromatic carbocycles. The molecule has 1 N–H and O–H groups in total. The first-order valence-electron chi connectivity index (χ1n) is 16.6. The van der Waals surface area contributed by atoms with Crippen LogP contribution in [0.4, 0.5) is 20.2 Å². The average molecular weight is 755 g/mol. The van der Waals surface area contributed by atoms with Crippen molar-refractivity contribution < 1.29 is 45.7 Å². The van der Waals surface area contributed by atoms with Gasteiger partial charge in [0, 0.05) is 60.8 Å². The fraction of sp³-hybridized carbons (Fsp3) is 0.368. The molecule has 1 aliphatic heterocycles. The molecule has 1 unspecified atom stereocenters. The van der Waals surface area contributed by atoms with Crippen molar-refractivity contribution >= 4 is 27.3 Å². The number of nitrogens with zero attached hydrogens (tertiary/aromatic N) is 3. The molecule has 1 fully saturated rings. The molecule has 1 aliphatic rings. The molecule has 0 spiro atoms. The number of hydrogen-bond donors (Lipinski definition) is 1. The van der Waals surface area contributed by atoms with Gasteiger partial charge in [-0.2, -0.15) is 8.70 Å². The summed E-state index contributed by atoms with van der Waals surface area (Å²) in [7, 11) is 2.86. The fourth-order valence-electron chi connectivity index (χ4n) is 6.77. The fourth-order valence-corrected chi connectivity index (χ4v) is 8.12. The highest BCUT2D eigenvalue weighted by Gasteiger charge is 2.52. The number of sulfonamides is 1. The summed E-state index contributed by atoms with van der Waals surface area (Å²) in [6, 6.07) is 15.3. The Balaban J connectivity index is 1.51. The van der Waals surface area contributed by atoms with Crippen LogP contribution in [0, 0.1) is 17.0 Å². The molecule has 0 saturated carbocycles. The predicted molar refractivity (Wildman–Crippen MR) is 195 cm³/mol. The maximum atomic E-state index is 14.8. The molecule has 1 atom stereocenters. The highest BCUT2D eigenvalue weighted by Crippen LogP contribution is 2.47. The lowest BCUT2D eigenvalue weighted by molar-refractivity contribution is -0.120. The van der Waals surface area contributed by atoms with Gasteiger partial charge in [-0.1, -0.05) is 26.0 Å². The highest BCUT2D eigenvalue weighted by atomic mass is 32.2. The SMILES string of the molecule is COc1ccc(CN(Cc2ccc(OC)cc2OC)S(=O)(=O)c2cc(NC(=O)C3(C)CC(C)(C)CN3c3ccc(F)c(F)c3OC)ccn2)c(OC)c1. The average Bonchev–Trinajstić information content (AvgIpc) is 3.41. The first kappa shape index (κ1) is 39.1. The third-order valence-electron chi connectivity index (χ3n) is 9.30. The number of pyridine rings is 1. The number of benzene rings is 3. The number of nitrogens with one attached hydrogen (secondary N) is 1. The number of anilines is 2. The second-order valence-electron chi connectivity index (χ2n) is 13.6. The van der Waals surface area contributed by atoms with Crippen molar-refractivity contribution in [2.45, 2.75) is 50.8 Å². The van der Waals surface area contributed by atoms with Crippen molar-refractivity contribution in [3.63, 3.8) is 0 Å². The summed E-state index contributed by atoms with van der Waals surface area (Å²) in [6.07, 6.45) is 1.63. The molecule has 5 rings (SSSR count). The zero-order valence-corrected chi connectivity index (χ0v) is 31.8. The van der Waals surface area contributed by atoms with Crippen molar-refractivity contribution in [2.75, 3.05) is 52.3 Å². The van der Waals surface area contributed by atoms with Crippen molar-refractivity contribution in [1.82, 2.24) is 9.29 Å². The number of methoxy groups -OCH3 is 5. The summed E-state index contributed by atoms with van der Waals surface area (Å²) < 4.78 is 86.3. The second-order valence-corrected chi connectivity index (χ2v) is 15.5. The first-order chi connectivity index (χ1) is 25.1. The number of halogens is 2. The van der Waals surface area contributed by atoms with Crippen LogP contribution in [0.2, 0.25) is 0 Å². The Morgan fingerprint density at radius 1 is 0.830 bits per heavy atom. The number of amides is 1. The Kier molecular flexibility index (Phi) is 11.4. The van der Waals surface area contributed by atoms with E-state index >= 15 is 0 Å². The quantitative estimate of drug-likeness (QED) is 0.154. The van der Waals surface area contributed by atoms with Gasteiger partial charge in [-0.05, 0) is 49.1 Å². The molecule has 0 aliphatic carbocycles. The summed E-state index contributed by atoms with van der Waals surface area (Å²) in [5.74, 6) is -1.17. The largest absolute Gasteiger partial charge is 0.497 e. The second kappa shape index (κ2) is 15.4. The molecule has 1 amide bonds. The highest BCUT2D eigenvalue weighted by molar-refractivity contribution is 7.89. The van der Waals surface area contributed by atoms with Gasteiger partial charge in [-0.3, -0.25) is 4.79 Å². The lowest BCUT2D eigenvalue weighted by Gasteiger charge is -2.36. The molecule has 12 nitrogen and oxygen atoms in total. The van der Waals surface area contributed by atoms with E-state index in [0.717, 1.165) is 6.07 Å². The standard InChI is InChI=1S/C38H44F2N4O8S/c1-37(2)22-38(3,44(23-37)30-14-13-29(39)34(40)35(30)52-8)36(45)42-26-15-16-41-33(17-26)53(46,47)43(20-24-9-11-27(48-4)18-31(24)50-6)21-25-10-12-28(49-5)19-32(25)51-7/h9-19H,20-23H2,1-8H3,(H,41,42,45). The third-order valence-corrected chi connectivity index (χ3v) is 11.0. The maximum absolute atomic E-state index is 14.8. The lowest BCUT2D eigenvalue weighted by atomic mass is 9.84. The van der Waals surface area contributed by atoms with Gasteiger partial charge < -0.3 is 33.9 Å². The Morgan fingerprint density at radius 2 is 1.42 bits per heavy atom. The molecule has 2 heterocycles. The van der Waals surface area contributed by atoms with E-state index in [1.807, 2.05) is 13.8 Å². The Bertz CT molecular complexity index is 2040. The number of rotatable bonds is 14. The van der Waals surface area contributed by atoms with E-state index in [4.69, 9.17) is 23.7 Å².